The van der Waals surface area contributed by atoms with Gasteiger partial charge >= 0.3 is 36.0 Å². The molecule has 21 rings (SSSR count). The van der Waals surface area contributed by atoms with Crippen LogP contribution in [0.3, 0.4) is 0 Å². The van der Waals surface area contributed by atoms with Crippen molar-refractivity contribution in [3.63, 3.8) is 0 Å². The lowest BCUT2D eigenvalue weighted by Gasteiger charge is -2.21. The second-order valence-electron chi connectivity index (χ2n) is 31.8. The number of hydrogen-bond acceptors (Lipinski definition) is 27. The molecule has 3 saturated carbocycles. The molecule has 12 unspecified atom stereocenters. The van der Waals surface area contributed by atoms with Crippen molar-refractivity contribution in [2.45, 2.75) is 169 Å². The third-order valence-corrected chi connectivity index (χ3v) is 23.2. The topological polar surface area (TPSA) is 477 Å². The Balaban J connectivity index is 0.000000126. The highest BCUT2D eigenvalue weighted by Crippen LogP contribution is 2.48. The van der Waals surface area contributed by atoms with Crippen LogP contribution in [0.1, 0.15) is 134 Å². The zero-order chi connectivity index (χ0) is 89.0. The molecular formula is C89H84ClFN18O21. The van der Waals surface area contributed by atoms with Crippen LogP contribution in [0.15, 0.2) is 196 Å². The van der Waals surface area contributed by atoms with E-state index in [0.29, 0.717) is 49.6 Å². The summed E-state index contributed by atoms with van der Waals surface area (Å²) in [6.07, 6.45) is 9.01. The molecule has 12 heterocycles. The van der Waals surface area contributed by atoms with Gasteiger partial charge in [0.25, 0.3) is 0 Å². The van der Waals surface area contributed by atoms with Crippen molar-refractivity contribution in [1.82, 2.24) is 74.5 Å². The van der Waals surface area contributed by atoms with Crippen LogP contribution in [0.5, 0.6) is 0 Å². The Hall–Kier alpha value is -13.3. The van der Waals surface area contributed by atoms with Crippen LogP contribution < -0.4 is 31.9 Å². The number of halogens is 2. The smallest absolute Gasteiger partial charge is 0.336 e. The Labute approximate surface area is 742 Å². The highest BCUT2D eigenvalue weighted by molar-refractivity contribution is 6.31. The molecule has 9 fully saturated rings. The Bertz CT molecular complexity index is 6200. The molecule has 3 aliphatic carbocycles. The third kappa shape index (κ3) is 19.1. The molecule has 12 aromatic rings. The number of carboxylic acids is 3. The summed E-state index contributed by atoms with van der Waals surface area (Å²) in [6, 6.07) is 43.6. The zero-order valence-electron chi connectivity index (χ0n) is 68.7. The van der Waals surface area contributed by atoms with Gasteiger partial charge in [0.15, 0.2) is 88.5 Å². The van der Waals surface area contributed by atoms with Gasteiger partial charge in [-0.1, -0.05) is 139 Å². The number of anilines is 3. The number of urea groups is 3. The van der Waals surface area contributed by atoms with Gasteiger partial charge in [0, 0.05) is 45.4 Å². The van der Waals surface area contributed by atoms with Crippen LogP contribution in [0, 0.1) is 5.82 Å². The monoisotopic (exact) mass is 1790 g/mol. The highest BCUT2D eigenvalue weighted by atomic mass is 35.5. The van der Waals surface area contributed by atoms with E-state index in [1.807, 2.05) is 103 Å². The van der Waals surface area contributed by atoms with E-state index in [-0.39, 0.29) is 116 Å². The molecule has 9 N–H and O–H groups in total. The van der Waals surface area contributed by atoms with Gasteiger partial charge < -0.3 is 88.1 Å². The molecule has 130 heavy (non-hydrogen) atoms. The lowest BCUT2D eigenvalue weighted by Crippen LogP contribution is -2.32. The standard InChI is InChI=1S/C31H29ClN6O7.C29H27FN6O7.C29H28N6O7/c32-21-8-4-7-19(30(39)40)20(21)13-42-14-22-25-26(45-23(44-25)12-9-17-5-2-1-3-6-17)29(43-22)38-16-35-24-27(33-15-34-28(24)38)37-31(41)36-18-10-11-18;30-19-8-4-7-17(27(37)38)18(19)11-40-12-20-22-23(43-28(42-22)15-5-2-1-3-6-15)26(41-20)36-14-33-21-24(31-13-32-25(21)36)35-29(39)34-16-9-10-16;36-27(37)19-9-5-4-8-17(19)12-39-13-20-22-23(42-28(41-22)16-6-2-1-3-7-16)26(40-20)35-15-32-21-24(30-14-31-25(21)35)34-29(38)33-18-10-11-18/h1-9,12,15-16,18,22-23,25-26,29H,10-11,13-14H2,(H,39,40)(H2,33,34,36,37,41);1-8,13-14,16,20,22-23,26,28H,9-12H2,(H,37,38)(H2,31,32,34,35,39);1-9,14-15,18,20,22-23,26,28H,10-13H2,(H,36,37)(H2,30,31,33,34,38)/b12-9+;;/t22?,23-,25?,26?,29?;2*20?,22?,23?,26?,28-/m000/s1. The predicted octanol–water partition coefficient (Wildman–Crippen LogP) is 11.3. The normalized spacial score (nSPS) is 24.6. The summed E-state index contributed by atoms with van der Waals surface area (Å²) in [5.74, 6) is -3.23. The van der Waals surface area contributed by atoms with E-state index in [1.165, 1.54) is 49.6 Å². The van der Waals surface area contributed by atoms with Gasteiger partial charge in [-0.25, -0.2) is 78.0 Å². The van der Waals surface area contributed by atoms with E-state index in [0.717, 1.165) is 55.2 Å². The SMILES string of the molecule is O=C(Nc1ncnc2c1ncn2C1OC(COCc2c(Cl)cccc2C(=O)O)C2O[C@H](/C=C/c3ccccc3)OC21)NC1CC1.O=C(Nc1ncnc2c1ncn2C1OC(COCc2c(F)cccc2C(=O)O)C2O[C@H](c3ccccc3)OC21)NC1CC1.O=C(Nc1ncnc2c1ncn2C1OC(COCc2ccccc2C(=O)O)C2O[C@H](c3ccccc3)OC21)NC1CC1. The number of amides is 6. The first kappa shape index (κ1) is 86.1. The third-order valence-electron chi connectivity index (χ3n) is 22.8. The fourth-order valence-corrected chi connectivity index (χ4v) is 16.3. The van der Waals surface area contributed by atoms with Gasteiger partial charge in [-0.15, -0.1) is 0 Å². The molecular weight excluding hydrogens is 1710 g/mol. The number of ether oxygens (including phenoxy) is 12. The Kier molecular flexibility index (Phi) is 25.3. The maximum atomic E-state index is 14.5. The van der Waals surface area contributed by atoms with E-state index >= 15 is 0 Å². The Morgan fingerprint density at radius 3 is 1.22 bits per heavy atom. The molecule has 6 aliphatic heterocycles. The number of imidazole rings is 3. The zero-order valence-corrected chi connectivity index (χ0v) is 69.5. The number of carboxylic acid groups (broad SMARTS) is 3. The molecule has 0 spiro atoms. The summed E-state index contributed by atoms with van der Waals surface area (Å²) in [4.78, 5) is 111. The first-order chi connectivity index (χ1) is 63.4. The number of carbonyl (C=O) groups excluding carboxylic acids is 3. The number of aromatic carboxylic acids is 3. The molecule has 670 valence electrons. The number of hydrogen-bond donors (Lipinski definition) is 9. The summed E-state index contributed by atoms with van der Waals surface area (Å²) in [6.45, 7) is -0.0698. The van der Waals surface area contributed by atoms with Crippen molar-refractivity contribution in [1.29, 1.82) is 0 Å². The van der Waals surface area contributed by atoms with Crippen LogP contribution in [-0.4, -0.2) is 209 Å². The van der Waals surface area contributed by atoms with Gasteiger partial charge in [0.2, 0.25) is 0 Å². The average molecular weight is 1800 g/mol. The van der Waals surface area contributed by atoms with Crippen LogP contribution in [0.4, 0.5) is 36.2 Å². The van der Waals surface area contributed by atoms with Crippen LogP contribution in [0.25, 0.3) is 39.6 Å². The second-order valence-corrected chi connectivity index (χ2v) is 32.2. The average Bonchev–Trinajstić information content (AvgIpc) is 1.60. The molecule has 39 nitrogen and oxygen atoms in total. The maximum Gasteiger partial charge on any atom is 0.336 e. The largest absolute Gasteiger partial charge is 0.478 e. The van der Waals surface area contributed by atoms with Crippen molar-refractivity contribution in [2.75, 3.05) is 35.8 Å². The van der Waals surface area contributed by atoms with Crippen LogP contribution in [0.2, 0.25) is 5.02 Å². The summed E-state index contributed by atoms with van der Waals surface area (Å²) < 4.78 is 94.7. The number of rotatable bonds is 28. The predicted molar refractivity (Wildman–Crippen MR) is 454 cm³/mol. The van der Waals surface area contributed by atoms with Gasteiger partial charge in [0.1, 0.15) is 79.7 Å². The number of nitrogens with one attached hydrogen (secondary N) is 6. The van der Waals surface area contributed by atoms with E-state index in [2.05, 4.69) is 76.8 Å². The quantitative estimate of drug-likeness (QED) is 0.0220. The molecule has 6 aromatic carbocycles. The number of aromatic nitrogens is 12. The molecule has 6 aromatic heterocycles. The van der Waals surface area contributed by atoms with E-state index < -0.39 is 116 Å². The van der Waals surface area contributed by atoms with E-state index in [9.17, 15) is 48.5 Å². The lowest BCUT2D eigenvalue weighted by molar-refractivity contribution is -0.158. The molecule has 0 radical (unpaired) electrons. The van der Waals surface area contributed by atoms with Crippen LogP contribution >= 0.6 is 11.6 Å². The van der Waals surface area contributed by atoms with E-state index in [4.69, 9.17) is 68.4 Å². The molecule has 41 heteroatoms. The molecule has 15 atom stereocenters. The number of benzene rings is 6. The van der Waals surface area contributed by atoms with E-state index in [1.54, 1.807) is 62.8 Å². The molecule has 0 bridgehead atoms. The van der Waals surface area contributed by atoms with Crippen molar-refractivity contribution in [2.24, 2.45) is 0 Å². The Morgan fingerprint density at radius 2 is 0.777 bits per heavy atom. The van der Waals surface area contributed by atoms with Gasteiger partial charge in [-0.2, -0.15) is 0 Å². The molecule has 6 amide bonds. The van der Waals surface area contributed by atoms with Gasteiger partial charge in [-0.3, -0.25) is 29.7 Å². The maximum absolute atomic E-state index is 14.5. The van der Waals surface area contributed by atoms with Crippen LogP contribution in [-0.2, 0) is 76.7 Å². The number of carbonyl (C=O) groups is 6. The van der Waals surface area contributed by atoms with Crippen molar-refractivity contribution < 1.29 is 105 Å². The molecule has 6 saturated heterocycles. The Morgan fingerprint density at radius 1 is 0.408 bits per heavy atom. The minimum absolute atomic E-state index is 0.0360. The number of fused-ring (bicyclic) bond motifs is 6. The lowest BCUT2D eigenvalue weighted by atomic mass is 10.1. The first-order valence-corrected chi connectivity index (χ1v) is 42.4. The summed E-state index contributed by atoms with van der Waals surface area (Å²) >= 11 is 6.30. The highest BCUT2D eigenvalue weighted by Gasteiger charge is 2.57. The minimum Gasteiger partial charge on any atom is -0.478 e. The molecule has 9 aliphatic rings. The fraction of sp³-hybridized carbons (Fsp3) is 0.337. The van der Waals surface area contributed by atoms with Gasteiger partial charge in [0.05, 0.1) is 75.3 Å². The fourth-order valence-electron chi connectivity index (χ4n) is 16.0. The summed E-state index contributed by atoms with van der Waals surface area (Å²) in [7, 11) is 0. The van der Waals surface area contributed by atoms with Crippen molar-refractivity contribution in [3.8, 4) is 0 Å². The van der Waals surface area contributed by atoms with Crippen molar-refractivity contribution in [3.05, 3.63) is 257 Å². The first-order valence-electron chi connectivity index (χ1n) is 42.0. The second kappa shape index (κ2) is 38.2. The minimum atomic E-state index is -1.25. The van der Waals surface area contributed by atoms with Gasteiger partial charge in [-0.05, 0) is 86.1 Å². The van der Waals surface area contributed by atoms with Crippen molar-refractivity contribution >= 4 is 105 Å². The number of nitrogens with zero attached hydrogens (tertiary/aromatic N) is 12. The summed E-state index contributed by atoms with van der Waals surface area (Å²) in [5, 5.41) is 45.7. The summed E-state index contributed by atoms with van der Waals surface area (Å²) in [5.41, 5.74) is 6.10.